The van der Waals surface area contributed by atoms with Crippen molar-refractivity contribution in [2.45, 2.75) is 57.9 Å². The third-order valence-electron chi connectivity index (χ3n) is 4.06. The third kappa shape index (κ3) is 4.47. The van der Waals surface area contributed by atoms with Crippen LogP contribution in [0, 0.1) is 0 Å². The van der Waals surface area contributed by atoms with Crippen molar-refractivity contribution in [2.75, 3.05) is 6.61 Å². The number of aromatic nitrogens is 2. The van der Waals surface area contributed by atoms with Gasteiger partial charge in [0, 0.05) is 13.1 Å². The first-order valence-corrected chi connectivity index (χ1v) is 8.46. The van der Waals surface area contributed by atoms with Crippen LogP contribution in [0.3, 0.4) is 0 Å². The second-order valence-corrected chi connectivity index (χ2v) is 6.67. The molecule has 0 saturated heterocycles. The van der Waals surface area contributed by atoms with E-state index in [9.17, 15) is 9.59 Å². The summed E-state index contributed by atoms with van der Waals surface area (Å²) < 4.78 is 6.57. The first kappa shape index (κ1) is 17.8. The van der Waals surface area contributed by atoms with Gasteiger partial charge in [0.25, 0.3) is 5.91 Å². The van der Waals surface area contributed by atoms with Crippen LogP contribution < -0.4 is 5.32 Å². The molecular weight excluding hydrogens is 318 g/mol. The lowest BCUT2D eigenvalue weighted by Crippen LogP contribution is -2.38. The Morgan fingerprint density at radius 1 is 1.35 bits per heavy atom. The van der Waals surface area contributed by atoms with Crippen LogP contribution in [0.1, 0.15) is 67.9 Å². The molecule has 1 amide bonds. The molecule has 0 unspecified atom stereocenters. The highest BCUT2D eigenvalue weighted by atomic mass is 35.5. The summed E-state index contributed by atoms with van der Waals surface area (Å²) in [5, 5.41) is 7.38. The van der Waals surface area contributed by atoms with Gasteiger partial charge in [-0.3, -0.25) is 9.48 Å². The number of amides is 1. The lowest BCUT2D eigenvalue weighted by atomic mass is 9.95. The number of esters is 1. The van der Waals surface area contributed by atoms with Gasteiger partial charge in [-0.2, -0.15) is 5.10 Å². The van der Waals surface area contributed by atoms with E-state index in [4.69, 9.17) is 16.3 Å². The van der Waals surface area contributed by atoms with Crippen LogP contribution in [0.4, 0.5) is 0 Å². The molecule has 1 heterocycles. The largest absolute Gasteiger partial charge is 0.452 e. The van der Waals surface area contributed by atoms with Crippen molar-refractivity contribution in [1.29, 1.82) is 0 Å². The highest BCUT2D eigenvalue weighted by Crippen LogP contribution is 2.26. The van der Waals surface area contributed by atoms with E-state index in [1.807, 2.05) is 13.8 Å². The zero-order valence-corrected chi connectivity index (χ0v) is 14.7. The Morgan fingerprint density at radius 3 is 2.61 bits per heavy atom. The number of hydrogen-bond acceptors (Lipinski definition) is 4. The van der Waals surface area contributed by atoms with Gasteiger partial charge in [0.1, 0.15) is 10.7 Å². The average Bonchev–Trinajstić information content (AvgIpc) is 2.82. The van der Waals surface area contributed by atoms with Crippen LogP contribution in [0.25, 0.3) is 0 Å². The fourth-order valence-electron chi connectivity index (χ4n) is 2.84. The molecule has 0 spiro atoms. The molecule has 1 fully saturated rings. The monoisotopic (exact) mass is 341 g/mol. The van der Waals surface area contributed by atoms with Gasteiger partial charge in [0.2, 0.25) is 0 Å². The molecule has 7 heteroatoms. The molecule has 1 aromatic rings. The van der Waals surface area contributed by atoms with Crippen molar-refractivity contribution >= 4 is 23.5 Å². The summed E-state index contributed by atoms with van der Waals surface area (Å²) in [7, 11) is 1.67. The number of aryl methyl sites for hydroxylation is 1. The predicted octanol–water partition coefficient (Wildman–Crippen LogP) is 2.80. The zero-order valence-electron chi connectivity index (χ0n) is 13.9. The molecule has 128 valence electrons. The number of halogens is 1. The predicted molar refractivity (Wildman–Crippen MR) is 87.6 cm³/mol. The van der Waals surface area contributed by atoms with Gasteiger partial charge in [0.05, 0.1) is 5.69 Å². The van der Waals surface area contributed by atoms with Gasteiger partial charge in [-0.25, -0.2) is 4.79 Å². The van der Waals surface area contributed by atoms with Crippen molar-refractivity contribution in [2.24, 2.45) is 7.05 Å². The number of nitrogens with one attached hydrogen (secondary N) is 1. The van der Waals surface area contributed by atoms with Gasteiger partial charge in [-0.15, -0.1) is 0 Å². The number of ether oxygens (including phenoxy) is 1. The standard InChI is InChI=1S/C16H24ClN3O3/c1-10(2)14-13(15(17)20(3)19-14)16(22)23-9-12(21)18-11-7-5-4-6-8-11/h10-11H,4-9H2,1-3H3,(H,18,21). The normalized spacial score (nSPS) is 15.7. The van der Waals surface area contributed by atoms with Gasteiger partial charge in [-0.05, 0) is 18.8 Å². The lowest BCUT2D eigenvalue weighted by molar-refractivity contribution is -0.125. The van der Waals surface area contributed by atoms with E-state index in [1.165, 1.54) is 11.1 Å². The Kier molecular flexibility index (Phi) is 6.04. The molecule has 1 aliphatic rings. The van der Waals surface area contributed by atoms with E-state index in [1.54, 1.807) is 7.05 Å². The summed E-state index contributed by atoms with van der Waals surface area (Å²) in [4.78, 5) is 24.2. The maximum absolute atomic E-state index is 12.3. The van der Waals surface area contributed by atoms with Gasteiger partial charge in [-0.1, -0.05) is 44.7 Å². The van der Waals surface area contributed by atoms with Crippen molar-refractivity contribution < 1.29 is 14.3 Å². The smallest absolute Gasteiger partial charge is 0.343 e. The summed E-state index contributed by atoms with van der Waals surface area (Å²) in [6.45, 7) is 3.55. The summed E-state index contributed by atoms with van der Waals surface area (Å²) in [5.74, 6) is -0.839. The van der Waals surface area contributed by atoms with Crippen molar-refractivity contribution in [3.8, 4) is 0 Å². The highest BCUT2D eigenvalue weighted by Gasteiger charge is 2.25. The molecule has 6 nitrogen and oxygen atoms in total. The summed E-state index contributed by atoms with van der Waals surface area (Å²) in [6, 6.07) is 0.197. The minimum Gasteiger partial charge on any atom is -0.452 e. The van der Waals surface area contributed by atoms with Crippen molar-refractivity contribution in [3.05, 3.63) is 16.4 Å². The Bertz CT molecular complexity index is 577. The molecule has 0 atom stereocenters. The third-order valence-corrected chi connectivity index (χ3v) is 4.49. The van der Waals surface area contributed by atoms with Crippen LogP contribution in [-0.4, -0.2) is 34.3 Å². The number of carbonyl (C=O) groups is 2. The quantitative estimate of drug-likeness (QED) is 0.836. The van der Waals surface area contributed by atoms with E-state index < -0.39 is 5.97 Å². The molecule has 0 aliphatic heterocycles. The topological polar surface area (TPSA) is 73.2 Å². The van der Waals surface area contributed by atoms with E-state index in [0.29, 0.717) is 5.69 Å². The summed E-state index contributed by atoms with van der Waals surface area (Å²) in [5.41, 5.74) is 0.824. The van der Waals surface area contributed by atoms with Crippen molar-refractivity contribution in [1.82, 2.24) is 15.1 Å². The molecule has 2 rings (SSSR count). The second kappa shape index (κ2) is 7.81. The van der Waals surface area contributed by atoms with E-state index in [-0.39, 0.29) is 35.2 Å². The fraction of sp³-hybridized carbons (Fsp3) is 0.688. The maximum atomic E-state index is 12.3. The first-order chi connectivity index (χ1) is 10.9. The van der Waals surface area contributed by atoms with Crippen LogP contribution in [0.2, 0.25) is 5.15 Å². The number of carbonyl (C=O) groups excluding carboxylic acids is 2. The van der Waals surface area contributed by atoms with E-state index in [2.05, 4.69) is 10.4 Å². The molecule has 0 radical (unpaired) electrons. The average molecular weight is 342 g/mol. The maximum Gasteiger partial charge on any atom is 0.343 e. The fourth-order valence-corrected chi connectivity index (χ4v) is 3.05. The number of hydrogen-bond donors (Lipinski definition) is 1. The first-order valence-electron chi connectivity index (χ1n) is 8.09. The van der Waals surface area contributed by atoms with E-state index in [0.717, 1.165) is 25.7 Å². The second-order valence-electron chi connectivity index (χ2n) is 6.31. The summed E-state index contributed by atoms with van der Waals surface area (Å²) in [6.07, 6.45) is 5.47. The Balaban J connectivity index is 1.93. The van der Waals surface area contributed by atoms with Crippen LogP contribution in [-0.2, 0) is 16.6 Å². The molecular formula is C16H24ClN3O3. The minimum atomic E-state index is -0.606. The molecule has 0 bridgehead atoms. The molecule has 1 aliphatic carbocycles. The Hall–Kier alpha value is -1.56. The van der Waals surface area contributed by atoms with Gasteiger partial charge in [0.15, 0.2) is 6.61 Å². The Morgan fingerprint density at radius 2 is 2.00 bits per heavy atom. The molecule has 23 heavy (non-hydrogen) atoms. The lowest BCUT2D eigenvalue weighted by Gasteiger charge is -2.22. The van der Waals surface area contributed by atoms with Crippen LogP contribution in [0.15, 0.2) is 0 Å². The number of rotatable bonds is 5. The van der Waals surface area contributed by atoms with Gasteiger partial charge < -0.3 is 10.1 Å². The minimum absolute atomic E-state index is 0.0346. The zero-order chi connectivity index (χ0) is 17.0. The van der Waals surface area contributed by atoms with Crippen LogP contribution in [0.5, 0.6) is 0 Å². The van der Waals surface area contributed by atoms with E-state index >= 15 is 0 Å². The SMILES string of the molecule is CC(C)c1nn(C)c(Cl)c1C(=O)OCC(=O)NC1CCCCC1. The molecule has 1 aromatic heterocycles. The Labute approximate surface area is 141 Å². The molecule has 1 N–H and O–H groups in total. The van der Waals surface area contributed by atoms with Crippen molar-refractivity contribution in [3.63, 3.8) is 0 Å². The summed E-state index contributed by atoms with van der Waals surface area (Å²) >= 11 is 6.12. The van der Waals surface area contributed by atoms with Gasteiger partial charge >= 0.3 is 5.97 Å². The van der Waals surface area contributed by atoms with Crippen LogP contribution >= 0.6 is 11.6 Å². The molecule has 0 aromatic carbocycles. The highest BCUT2D eigenvalue weighted by molar-refractivity contribution is 6.32. The molecule has 1 saturated carbocycles. The number of nitrogens with zero attached hydrogens (tertiary/aromatic N) is 2.